The van der Waals surface area contributed by atoms with E-state index in [9.17, 15) is 0 Å². The van der Waals surface area contributed by atoms with Gasteiger partial charge >= 0.3 is 0 Å². The van der Waals surface area contributed by atoms with Gasteiger partial charge in [0.05, 0.1) is 0 Å². The third-order valence-electron chi connectivity index (χ3n) is 10.5. The van der Waals surface area contributed by atoms with Crippen molar-refractivity contribution in [3.8, 4) is 0 Å². The third kappa shape index (κ3) is 35.5. The highest BCUT2D eigenvalue weighted by atomic mass is 16.5. The van der Waals surface area contributed by atoms with Gasteiger partial charge < -0.3 is 18.9 Å². The van der Waals surface area contributed by atoms with Crippen molar-refractivity contribution in [2.45, 2.75) is 220 Å². The van der Waals surface area contributed by atoms with E-state index in [0.29, 0.717) is 5.41 Å². The van der Waals surface area contributed by atoms with Crippen LogP contribution in [0.1, 0.15) is 220 Å². The van der Waals surface area contributed by atoms with Crippen molar-refractivity contribution in [2.75, 3.05) is 52.9 Å². The molecule has 0 aromatic rings. The SMILES string of the molecule is CCCCCCCCOCCCCCCCCCOCCC(CC)(CC)CCOCCCCCCCCCOCCCCCCCC. The number of ether oxygens (including phenoxy) is 4. The molecule has 0 aliphatic heterocycles. The zero-order chi connectivity index (χ0) is 34.2. The summed E-state index contributed by atoms with van der Waals surface area (Å²) < 4.78 is 23.8. The van der Waals surface area contributed by atoms with E-state index >= 15 is 0 Å². The van der Waals surface area contributed by atoms with Crippen molar-refractivity contribution < 1.29 is 18.9 Å². The second kappa shape index (κ2) is 40.3. The highest BCUT2D eigenvalue weighted by molar-refractivity contribution is 4.76. The lowest BCUT2D eigenvalue weighted by molar-refractivity contribution is 0.0512. The molecule has 4 heteroatoms. The molecule has 0 fully saturated rings. The summed E-state index contributed by atoms with van der Waals surface area (Å²) in [6.45, 7) is 16.8. The van der Waals surface area contributed by atoms with E-state index in [2.05, 4.69) is 27.7 Å². The molecule has 0 unspecified atom stereocenters. The normalized spacial score (nSPS) is 12.0. The molecule has 284 valence electrons. The Kier molecular flexibility index (Phi) is 40.1. The zero-order valence-corrected chi connectivity index (χ0v) is 33.0. The van der Waals surface area contributed by atoms with E-state index in [0.717, 1.165) is 52.9 Å². The number of hydrogen-bond acceptors (Lipinski definition) is 4. The average Bonchev–Trinajstić information content (AvgIpc) is 3.09. The minimum Gasteiger partial charge on any atom is -0.381 e. The first-order valence-electron chi connectivity index (χ1n) is 21.6. The molecule has 0 bridgehead atoms. The second-order valence-electron chi connectivity index (χ2n) is 14.6. The fraction of sp³-hybridized carbons (Fsp3) is 1.00. The van der Waals surface area contributed by atoms with Gasteiger partial charge in [-0.15, -0.1) is 0 Å². The minimum atomic E-state index is 0.386. The van der Waals surface area contributed by atoms with Crippen LogP contribution in [-0.2, 0) is 18.9 Å². The van der Waals surface area contributed by atoms with Crippen LogP contribution in [0.15, 0.2) is 0 Å². The fourth-order valence-corrected chi connectivity index (χ4v) is 6.62. The van der Waals surface area contributed by atoms with Crippen molar-refractivity contribution in [3.05, 3.63) is 0 Å². The Hall–Kier alpha value is -0.160. The van der Waals surface area contributed by atoms with E-state index in [4.69, 9.17) is 18.9 Å². The summed E-state index contributed by atoms with van der Waals surface area (Å²) in [5.74, 6) is 0. The van der Waals surface area contributed by atoms with Crippen LogP contribution in [0.5, 0.6) is 0 Å². The number of unbranched alkanes of at least 4 members (excludes halogenated alkanes) is 22. The lowest BCUT2D eigenvalue weighted by Gasteiger charge is -2.31. The molecular weight excluding hydrogens is 580 g/mol. The lowest BCUT2D eigenvalue weighted by atomic mass is 9.77. The van der Waals surface area contributed by atoms with E-state index in [1.807, 2.05) is 0 Å². The van der Waals surface area contributed by atoms with E-state index in [1.54, 1.807) is 0 Å². The van der Waals surface area contributed by atoms with Crippen molar-refractivity contribution in [1.29, 1.82) is 0 Å². The number of rotatable bonds is 42. The molecule has 0 saturated carbocycles. The van der Waals surface area contributed by atoms with Gasteiger partial charge in [0.15, 0.2) is 0 Å². The van der Waals surface area contributed by atoms with Crippen LogP contribution in [0.25, 0.3) is 0 Å². The third-order valence-corrected chi connectivity index (χ3v) is 10.5. The molecule has 0 heterocycles. The predicted octanol–water partition coefficient (Wildman–Crippen LogP) is 13.8. The van der Waals surface area contributed by atoms with Crippen molar-refractivity contribution in [1.82, 2.24) is 0 Å². The van der Waals surface area contributed by atoms with Crippen molar-refractivity contribution >= 4 is 0 Å². The van der Waals surface area contributed by atoms with E-state index in [1.165, 1.54) is 193 Å². The van der Waals surface area contributed by atoms with Crippen LogP contribution >= 0.6 is 0 Å². The molecule has 0 aromatic heterocycles. The molecule has 0 atom stereocenters. The average molecular weight is 669 g/mol. The summed E-state index contributed by atoms with van der Waals surface area (Å²) in [5.41, 5.74) is 0.386. The summed E-state index contributed by atoms with van der Waals surface area (Å²) in [5, 5.41) is 0. The van der Waals surface area contributed by atoms with Gasteiger partial charge in [0.25, 0.3) is 0 Å². The minimum absolute atomic E-state index is 0.386. The maximum Gasteiger partial charge on any atom is 0.0471 e. The van der Waals surface area contributed by atoms with Crippen LogP contribution in [0.4, 0.5) is 0 Å². The van der Waals surface area contributed by atoms with E-state index < -0.39 is 0 Å². The summed E-state index contributed by atoms with van der Waals surface area (Å²) in [6, 6.07) is 0. The Morgan fingerprint density at radius 2 is 0.468 bits per heavy atom. The molecule has 0 aliphatic rings. The Morgan fingerprint density at radius 3 is 0.702 bits per heavy atom. The first kappa shape index (κ1) is 46.8. The summed E-state index contributed by atoms with van der Waals surface area (Å²) >= 11 is 0. The van der Waals surface area contributed by atoms with Gasteiger partial charge in [-0.1, -0.05) is 169 Å². The highest BCUT2D eigenvalue weighted by Gasteiger charge is 2.25. The highest BCUT2D eigenvalue weighted by Crippen LogP contribution is 2.34. The molecule has 47 heavy (non-hydrogen) atoms. The zero-order valence-electron chi connectivity index (χ0n) is 33.0. The quantitative estimate of drug-likeness (QED) is 0.0607. The van der Waals surface area contributed by atoms with Gasteiger partial charge in [-0.05, 0) is 56.8 Å². The lowest BCUT2D eigenvalue weighted by Crippen LogP contribution is -2.23. The van der Waals surface area contributed by atoms with Gasteiger partial charge in [0.1, 0.15) is 0 Å². The van der Waals surface area contributed by atoms with Gasteiger partial charge in [-0.3, -0.25) is 0 Å². The summed E-state index contributed by atoms with van der Waals surface area (Å²) in [4.78, 5) is 0. The van der Waals surface area contributed by atoms with Gasteiger partial charge in [-0.25, -0.2) is 0 Å². The Bertz CT molecular complexity index is 506. The maximum atomic E-state index is 6.09. The second-order valence-corrected chi connectivity index (χ2v) is 14.6. The van der Waals surface area contributed by atoms with Crippen LogP contribution in [0, 0.1) is 5.41 Å². The Labute approximate surface area is 297 Å². The van der Waals surface area contributed by atoms with Gasteiger partial charge in [-0.2, -0.15) is 0 Å². The monoisotopic (exact) mass is 669 g/mol. The van der Waals surface area contributed by atoms with Crippen molar-refractivity contribution in [3.63, 3.8) is 0 Å². The molecule has 0 aromatic carbocycles. The molecule has 0 amide bonds. The maximum absolute atomic E-state index is 6.09. The predicted molar refractivity (Wildman–Crippen MR) is 207 cm³/mol. The van der Waals surface area contributed by atoms with Crippen LogP contribution in [-0.4, -0.2) is 52.9 Å². The Morgan fingerprint density at radius 1 is 0.255 bits per heavy atom. The van der Waals surface area contributed by atoms with Gasteiger partial charge in [0, 0.05) is 52.9 Å². The molecular formula is C43H88O4. The largest absolute Gasteiger partial charge is 0.381 e. The van der Waals surface area contributed by atoms with Crippen molar-refractivity contribution in [2.24, 2.45) is 5.41 Å². The van der Waals surface area contributed by atoms with Crippen LogP contribution in [0.3, 0.4) is 0 Å². The first-order valence-corrected chi connectivity index (χ1v) is 21.6. The molecule has 0 saturated heterocycles. The van der Waals surface area contributed by atoms with E-state index in [-0.39, 0.29) is 0 Å². The molecule has 0 rings (SSSR count). The van der Waals surface area contributed by atoms with Gasteiger partial charge in [0.2, 0.25) is 0 Å². The Balaban J connectivity index is 3.46. The molecule has 0 radical (unpaired) electrons. The molecule has 0 spiro atoms. The first-order chi connectivity index (χ1) is 23.2. The molecule has 0 aliphatic carbocycles. The topological polar surface area (TPSA) is 36.9 Å². The molecule has 4 nitrogen and oxygen atoms in total. The standard InChI is InChI=1S/C43H88O4/c1-5-9-11-13-21-27-35-44-37-29-23-17-15-19-25-31-39-46-41-33-43(7-3,8-4)34-42-47-40-32-26-20-16-18-24-30-38-45-36-28-22-14-12-10-6-2/h5-42H2,1-4H3. The number of hydrogen-bond donors (Lipinski definition) is 0. The fourth-order valence-electron chi connectivity index (χ4n) is 6.62. The summed E-state index contributed by atoms with van der Waals surface area (Å²) in [7, 11) is 0. The van der Waals surface area contributed by atoms with Crippen LogP contribution < -0.4 is 0 Å². The smallest absolute Gasteiger partial charge is 0.0471 e. The molecule has 0 N–H and O–H groups in total. The van der Waals surface area contributed by atoms with Crippen LogP contribution in [0.2, 0.25) is 0 Å². The summed E-state index contributed by atoms with van der Waals surface area (Å²) in [6.07, 6.45) is 39.3.